The fourth-order valence-electron chi connectivity index (χ4n) is 2.17. The van der Waals surface area contributed by atoms with Crippen molar-refractivity contribution in [1.82, 2.24) is 10.2 Å². The molecule has 0 atom stereocenters. The van der Waals surface area contributed by atoms with Crippen molar-refractivity contribution in [3.8, 4) is 11.5 Å². The minimum Gasteiger partial charge on any atom is -0.493 e. The number of nitrogens with zero attached hydrogens (tertiary/aromatic N) is 1. The zero-order chi connectivity index (χ0) is 17.0. The Morgan fingerprint density at radius 3 is 2.65 bits per heavy atom. The molecule has 1 aromatic carbocycles. The first-order chi connectivity index (χ1) is 11.0. The second-order valence-electron chi connectivity index (χ2n) is 4.60. The number of methoxy groups -OCH3 is 2. The summed E-state index contributed by atoms with van der Waals surface area (Å²) < 4.78 is 10.5. The molecule has 120 valence electrons. The maximum Gasteiger partial charge on any atom is 0.265 e. The zero-order valence-electron chi connectivity index (χ0n) is 12.8. The molecule has 0 spiro atoms. The first kappa shape index (κ1) is 16.7. The van der Waals surface area contributed by atoms with Crippen molar-refractivity contribution in [1.29, 1.82) is 0 Å². The first-order valence-electron chi connectivity index (χ1n) is 6.74. The van der Waals surface area contributed by atoms with E-state index in [2.05, 4.69) is 11.9 Å². The lowest BCUT2D eigenvalue weighted by Crippen LogP contribution is -2.53. The molecule has 0 saturated carbocycles. The highest BCUT2D eigenvalue weighted by atomic mass is 32.1. The Hall–Kier alpha value is -2.67. The maximum absolute atomic E-state index is 12.5. The quantitative estimate of drug-likeness (QED) is 0.383. The second-order valence-corrected chi connectivity index (χ2v) is 4.99. The Morgan fingerprint density at radius 1 is 1.30 bits per heavy atom. The zero-order valence-corrected chi connectivity index (χ0v) is 13.6. The molecule has 1 N–H and O–H groups in total. The third kappa shape index (κ3) is 3.24. The summed E-state index contributed by atoms with van der Waals surface area (Å²) in [7, 11) is 3.00. The fourth-order valence-corrected chi connectivity index (χ4v) is 2.42. The average Bonchev–Trinajstić information content (AvgIpc) is 2.54. The average molecular weight is 332 g/mol. The third-order valence-corrected chi connectivity index (χ3v) is 3.55. The number of rotatable bonds is 5. The molecular weight excluding hydrogens is 316 g/mol. The van der Waals surface area contributed by atoms with Crippen molar-refractivity contribution < 1.29 is 19.1 Å². The second kappa shape index (κ2) is 7.06. The minimum absolute atomic E-state index is 0.0352. The van der Waals surface area contributed by atoms with Crippen LogP contribution in [0.4, 0.5) is 0 Å². The van der Waals surface area contributed by atoms with Crippen LogP contribution in [0.3, 0.4) is 0 Å². The number of nitrogens with one attached hydrogen (secondary N) is 1. The molecule has 0 aromatic heterocycles. The summed E-state index contributed by atoms with van der Waals surface area (Å²) in [5.74, 6) is -0.0933. The Labute approximate surface area is 139 Å². The van der Waals surface area contributed by atoms with Crippen LogP contribution in [0, 0.1) is 0 Å². The van der Waals surface area contributed by atoms with Crippen LogP contribution < -0.4 is 14.8 Å². The highest BCUT2D eigenvalue weighted by molar-refractivity contribution is 7.80. The number of hydrogen-bond donors (Lipinski definition) is 1. The number of thiocarbonyl (C=S) groups is 1. The van der Waals surface area contributed by atoms with Gasteiger partial charge in [-0.3, -0.25) is 19.8 Å². The smallest absolute Gasteiger partial charge is 0.265 e. The SMILES string of the molecule is C=CCN1C(=O)C(=Cc2cccc(OC)c2OC)C(=O)NC1=S. The van der Waals surface area contributed by atoms with E-state index in [0.717, 1.165) is 0 Å². The van der Waals surface area contributed by atoms with Crippen LogP contribution in [0.25, 0.3) is 6.08 Å². The van der Waals surface area contributed by atoms with Crippen LogP contribution in [0.1, 0.15) is 5.56 Å². The monoisotopic (exact) mass is 332 g/mol. The van der Waals surface area contributed by atoms with Gasteiger partial charge < -0.3 is 9.47 Å². The number of carbonyl (C=O) groups excluding carboxylic acids is 2. The van der Waals surface area contributed by atoms with Crippen LogP contribution in [-0.2, 0) is 9.59 Å². The van der Waals surface area contributed by atoms with E-state index in [4.69, 9.17) is 21.7 Å². The Morgan fingerprint density at radius 2 is 2.04 bits per heavy atom. The molecular formula is C16H16N2O4S. The van der Waals surface area contributed by atoms with E-state index in [1.54, 1.807) is 18.2 Å². The van der Waals surface area contributed by atoms with Gasteiger partial charge >= 0.3 is 0 Å². The number of amides is 2. The summed E-state index contributed by atoms with van der Waals surface area (Å²) in [4.78, 5) is 25.9. The molecule has 0 unspecified atom stereocenters. The Balaban J connectivity index is 2.49. The molecule has 0 bridgehead atoms. The van der Waals surface area contributed by atoms with Crippen LogP contribution in [0.15, 0.2) is 36.4 Å². The predicted molar refractivity (Wildman–Crippen MR) is 90.2 cm³/mol. The molecule has 1 aromatic rings. The fraction of sp³-hybridized carbons (Fsp3) is 0.188. The van der Waals surface area contributed by atoms with E-state index >= 15 is 0 Å². The van der Waals surface area contributed by atoms with Gasteiger partial charge in [0.1, 0.15) is 5.57 Å². The lowest BCUT2D eigenvalue weighted by Gasteiger charge is -2.27. The topological polar surface area (TPSA) is 67.9 Å². The van der Waals surface area contributed by atoms with E-state index in [9.17, 15) is 9.59 Å². The maximum atomic E-state index is 12.5. The summed E-state index contributed by atoms with van der Waals surface area (Å²) in [6.07, 6.45) is 2.99. The van der Waals surface area contributed by atoms with Gasteiger partial charge in [-0.15, -0.1) is 6.58 Å². The number of carbonyl (C=O) groups is 2. The molecule has 23 heavy (non-hydrogen) atoms. The lowest BCUT2D eigenvalue weighted by molar-refractivity contribution is -0.128. The number of benzene rings is 1. The summed E-state index contributed by atoms with van der Waals surface area (Å²) in [5.41, 5.74) is 0.517. The largest absolute Gasteiger partial charge is 0.493 e. The lowest BCUT2D eigenvalue weighted by atomic mass is 10.1. The molecule has 1 heterocycles. The number of hydrogen-bond acceptors (Lipinski definition) is 5. The normalized spacial score (nSPS) is 16.3. The predicted octanol–water partition coefficient (Wildman–Crippen LogP) is 1.52. The van der Waals surface area contributed by atoms with Crippen molar-refractivity contribution in [2.24, 2.45) is 0 Å². The van der Waals surface area contributed by atoms with E-state index in [1.807, 2.05) is 0 Å². The van der Waals surface area contributed by atoms with Gasteiger partial charge in [0.05, 0.1) is 14.2 Å². The summed E-state index contributed by atoms with van der Waals surface area (Å²) in [5, 5.41) is 2.55. The highest BCUT2D eigenvalue weighted by Crippen LogP contribution is 2.32. The van der Waals surface area contributed by atoms with Gasteiger partial charge in [-0.25, -0.2) is 0 Å². The molecule has 0 aliphatic carbocycles. The van der Waals surface area contributed by atoms with E-state index in [0.29, 0.717) is 17.1 Å². The summed E-state index contributed by atoms with van der Waals surface area (Å²) >= 11 is 5.01. The van der Waals surface area contributed by atoms with Crippen molar-refractivity contribution in [2.45, 2.75) is 0 Å². The number of para-hydroxylation sites is 1. The van der Waals surface area contributed by atoms with Crippen LogP contribution >= 0.6 is 12.2 Å². The van der Waals surface area contributed by atoms with Gasteiger partial charge in [0.2, 0.25) is 0 Å². The van der Waals surface area contributed by atoms with Gasteiger partial charge in [0, 0.05) is 12.1 Å². The molecule has 6 nitrogen and oxygen atoms in total. The third-order valence-electron chi connectivity index (χ3n) is 3.23. The van der Waals surface area contributed by atoms with Gasteiger partial charge in [0.25, 0.3) is 11.8 Å². The number of ether oxygens (including phenoxy) is 2. The highest BCUT2D eigenvalue weighted by Gasteiger charge is 2.32. The molecule has 1 aliphatic heterocycles. The standard InChI is InChI=1S/C16H16N2O4S/c1-4-8-18-15(20)11(14(19)17-16(18)23)9-10-6-5-7-12(21-2)13(10)22-3/h4-7,9H,1,8H2,2-3H3,(H,17,19,23). The van der Waals surface area contributed by atoms with Crippen molar-refractivity contribution in [2.75, 3.05) is 20.8 Å². The molecule has 1 saturated heterocycles. The van der Waals surface area contributed by atoms with Gasteiger partial charge in [-0.2, -0.15) is 0 Å². The molecule has 7 heteroatoms. The van der Waals surface area contributed by atoms with Crippen LogP contribution in [0.5, 0.6) is 11.5 Å². The van der Waals surface area contributed by atoms with E-state index in [1.165, 1.54) is 31.3 Å². The molecule has 1 fully saturated rings. The minimum atomic E-state index is -0.551. The van der Waals surface area contributed by atoms with Crippen LogP contribution in [0.2, 0.25) is 0 Å². The molecule has 1 aliphatic rings. The van der Waals surface area contributed by atoms with E-state index < -0.39 is 11.8 Å². The Bertz CT molecular complexity index is 712. The van der Waals surface area contributed by atoms with Crippen LogP contribution in [-0.4, -0.2) is 42.6 Å². The van der Waals surface area contributed by atoms with Crippen molar-refractivity contribution in [3.05, 3.63) is 42.0 Å². The summed E-state index contributed by atoms with van der Waals surface area (Å²) in [6, 6.07) is 5.19. The van der Waals surface area contributed by atoms with Gasteiger partial charge in [-0.1, -0.05) is 18.2 Å². The summed E-state index contributed by atoms with van der Waals surface area (Å²) in [6.45, 7) is 3.79. The van der Waals surface area contributed by atoms with Crippen molar-refractivity contribution in [3.63, 3.8) is 0 Å². The molecule has 2 rings (SSSR count). The van der Waals surface area contributed by atoms with Gasteiger partial charge in [0.15, 0.2) is 16.6 Å². The Kier molecular flexibility index (Phi) is 5.13. The molecule has 2 amide bonds. The molecule has 0 radical (unpaired) electrons. The van der Waals surface area contributed by atoms with Crippen molar-refractivity contribution >= 4 is 35.2 Å². The van der Waals surface area contributed by atoms with Gasteiger partial charge in [-0.05, 0) is 24.4 Å². The first-order valence-corrected chi connectivity index (χ1v) is 7.15. The van der Waals surface area contributed by atoms with E-state index in [-0.39, 0.29) is 17.2 Å².